The van der Waals surface area contributed by atoms with Crippen LogP contribution in [0, 0.1) is 5.82 Å². The first-order valence-corrected chi connectivity index (χ1v) is 12.5. The molecule has 1 aliphatic rings. The lowest BCUT2D eigenvalue weighted by atomic mass is 9.94. The molecule has 0 unspecified atom stereocenters. The lowest BCUT2D eigenvalue weighted by Gasteiger charge is -2.22. The monoisotopic (exact) mass is 500 g/mol. The number of nitrogens with one attached hydrogen (secondary N) is 3. The van der Waals surface area contributed by atoms with Gasteiger partial charge >= 0.3 is 0 Å². The smallest absolute Gasteiger partial charge is 0.178 e. The van der Waals surface area contributed by atoms with Gasteiger partial charge in [0.05, 0.1) is 11.0 Å². The summed E-state index contributed by atoms with van der Waals surface area (Å²) in [5.74, 6) is 1.11. The zero-order valence-electron chi connectivity index (χ0n) is 20.9. The number of halogens is 1. The standard InChI is InChI=1S/C27H29FN8O/c1-36(2)11-12-37-19-14-17(13-18(28)15-19)20-7-10-30-26-23(20)32-27(33-26)25-24-22(34-35-25)4-3-21(31-24)16-5-8-29-9-6-16/h3-4,7,10,13-16,29H,5-6,8-9,11-12H2,1-2H3,(H,34,35)(H,30,32,33). The molecule has 10 heteroatoms. The van der Waals surface area contributed by atoms with E-state index in [1.54, 1.807) is 6.20 Å². The van der Waals surface area contributed by atoms with Gasteiger partial charge in [-0.2, -0.15) is 5.10 Å². The van der Waals surface area contributed by atoms with Crippen LogP contribution in [0.4, 0.5) is 4.39 Å². The van der Waals surface area contributed by atoms with E-state index in [-0.39, 0.29) is 5.82 Å². The Hall–Kier alpha value is -3.89. The van der Waals surface area contributed by atoms with Crippen molar-refractivity contribution in [3.63, 3.8) is 0 Å². The van der Waals surface area contributed by atoms with Crippen LogP contribution in [0.25, 0.3) is 44.8 Å². The molecule has 4 aromatic heterocycles. The van der Waals surface area contributed by atoms with Crippen molar-refractivity contribution in [2.45, 2.75) is 18.8 Å². The average molecular weight is 501 g/mol. The molecule has 0 spiro atoms. The SMILES string of the molecule is CN(C)CCOc1cc(F)cc(-c2ccnc3nc(-c4n[nH]c5ccc(C6CCNCC6)nc45)[nH]c23)c1. The lowest BCUT2D eigenvalue weighted by molar-refractivity contribution is 0.260. The minimum absolute atomic E-state index is 0.366. The van der Waals surface area contributed by atoms with E-state index in [2.05, 4.69) is 31.5 Å². The highest BCUT2D eigenvalue weighted by atomic mass is 19.1. The molecule has 9 nitrogen and oxygen atoms in total. The highest BCUT2D eigenvalue weighted by molar-refractivity contribution is 5.94. The summed E-state index contributed by atoms with van der Waals surface area (Å²) in [5.41, 5.74) is 6.04. The van der Waals surface area contributed by atoms with E-state index in [4.69, 9.17) is 14.7 Å². The number of H-pyrrole nitrogens is 2. The minimum atomic E-state index is -0.366. The fraction of sp³-hybridized carbons (Fsp3) is 0.333. The number of aromatic nitrogens is 6. The van der Waals surface area contributed by atoms with Crippen molar-refractivity contribution < 1.29 is 9.13 Å². The summed E-state index contributed by atoms with van der Waals surface area (Å²) in [6.45, 7) is 3.21. The van der Waals surface area contributed by atoms with E-state index < -0.39 is 0 Å². The van der Waals surface area contributed by atoms with E-state index >= 15 is 0 Å². The van der Waals surface area contributed by atoms with Crippen LogP contribution in [0.5, 0.6) is 5.75 Å². The summed E-state index contributed by atoms with van der Waals surface area (Å²) in [4.78, 5) is 19.5. The number of imidazole rings is 1. The molecule has 3 N–H and O–H groups in total. The molecule has 0 radical (unpaired) electrons. The van der Waals surface area contributed by atoms with Crippen molar-refractivity contribution in [2.75, 3.05) is 40.3 Å². The molecule has 37 heavy (non-hydrogen) atoms. The zero-order chi connectivity index (χ0) is 25.4. The van der Waals surface area contributed by atoms with Gasteiger partial charge in [0.25, 0.3) is 0 Å². The summed E-state index contributed by atoms with van der Waals surface area (Å²) < 4.78 is 20.3. The number of rotatable bonds is 7. The van der Waals surface area contributed by atoms with Crippen molar-refractivity contribution in [1.82, 2.24) is 40.3 Å². The molecule has 1 aliphatic heterocycles. The molecular formula is C27H29FN8O. The fourth-order valence-corrected chi connectivity index (χ4v) is 4.84. The molecule has 5 aromatic rings. The van der Waals surface area contributed by atoms with Gasteiger partial charge in [0.15, 0.2) is 17.2 Å². The third-order valence-corrected chi connectivity index (χ3v) is 6.79. The zero-order valence-corrected chi connectivity index (χ0v) is 20.9. The Balaban J connectivity index is 1.37. The largest absolute Gasteiger partial charge is 0.492 e. The molecule has 1 saturated heterocycles. The van der Waals surface area contributed by atoms with Crippen molar-refractivity contribution >= 4 is 22.2 Å². The molecule has 190 valence electrons. The van der Waals surface area contributed by atoms with Crippen molar-refractivity contribution in [3.8, 4) is 28.4 Å². The van der Waals surface area contributed by atoms with Crippen LogP contribution < -0.4 is 10.1 Å². The maximum Gasteiger partial charge on any atom is 0.178 e. The topological polar surface area (TPSA) is 108 Å². The first-order chi connectivity index (χ1) is 18.0. The maximum absolute atomic E-state index is 14.5. The molecule has 0 bridgehead atoms. The first-order valence-electron chi connectivity index (χ1n) is 12.5. The Labute approximate surface area is 213 Å². The number of benzene rings is 1. The third kappa shape index (κ3) is 4.77. The summed E-state index contributed by atoms with van der Waals surface area (Å²) in [6, 6.07) is 10.7. The average Bonchev–Trinajstić information content (AvgIpc) is 3.52. The highest BCUT2D eigenvalue weighted by Gasteiger charge is 2.21. The number of piperidine rings is 1. The van der Waals surface area contributed by atoms with Gasteiger partial charge in [-0.15, -0.1) is 0 Å². The second-order valence-electron chi connectivity index (χ2n) is 9.70. The van der Waals surface area contributed by atoms with E-state index in [1.807, 2.05) is 37.2 Å². The third-order valence-electron chi connectivity index (χ3n) is 6.79. The molecule has 1 fully saturated rings. The number of ether oxygens (including phenoxy) is 1. The predicted molar refractivity (Wildman–Crippen MR) is 141 cm³/mol. The van der Waals surface area contributed by atoms with Gasteiger partial charge in [-0.1, -0.05) is 0 Å². The Morgan fingerprint density at radius 1 is 1.08 bits per heavy atom. The fourth-order valence-electron chi connectivity index (χ4n) is 4.84. The number of pyridine rings is 2. The number of hydrogen-bond donors (Lipinski definition) is 3. The summed E-state index contributed by atoms with van der Waals surface area (Å²) in [7, 11) is 3.94. The van der Waals surface area contributed by atoms with Gasteiger partial charge < -0.3 is 19.9 Å². The van der Waals surface area contributed by atoms with Crippen molar-refractivity contribution in [2.24, 2.45) is 0 Å². The number of fused-ring (bicyclic) bond motifs is 2. The van der Waals surface area contributed by atoms with Crippen molar-refractivity contribution in [1.29, 1.82) is 0 Å². The van der Waals surface area contributed by atoms with E-state index in [9.17, 15) is 4.39 Å². The van der Waals surface area contributed by atoms with E-state index in [1.165, 1.54) is 12.1 Å². The van der Waals surface area contributed by atoms with Crippen LogP contribution >= 0.6 is 0 Å². The Kier molecular flexibility index (Phi) is 6.27. The van der Waals surface area contributed by atoms with Crippen LogP contribution in [0.2, 0.25) is 0 Å². The molecule has 1 aromatic carbocycles. The van der Waals surface area contributed by atoms with Crippen LogP contribution in [0.1, 0.15) is 24.5 Å². The lowest BCUT2D eigenvalue weighted by Crippen LogP contribution is -2.27. The molecule has 0 amide bonds. The number of hydrogen-bond acceptors (Lipinski definition) is 7. The second kappa shape index (κ2) is 9.87. The van der Waals surface area contributed by atoms with Crippen LogP contribution in [0.15, 0.2) is 42.6 Å². The van der Waals surface area contributed by atoms with E-state index in [0.29, 0.717) is 46.5 Å². The van der Waals surface area contributed by atoms with Gasteiger partial charge in [-0.25, -0.2) is 19.3 Å². The van der Waals surface area contributed by atoms with Gasteiger partial charge in [0.1, 0.15) is 23.7 Å². The molecule has 0 atom stereocenters. The minimum Gasteiger partial charge on any atom is -0.492 e. The summed E-state index contributed by atoms with van der Waals surface area (Å²) in [5, 5.41) is 11.0. The Morgan fingerprint density at radius 3 is 2.78 bits per heavy atom. The van der Waals surface area contributed by atoms with Crippen LogP contribution in [-0.2, 0) is 0 Å². The summed E-state index contributed by atoms with van der Waals surface area (Å²) >= 11 is 0. The van der Waals surface area contributed by atoms with E-state index in [0.717, 1.165) is 54.8 Å². The number of aromatic amines is 2. The molecule has 0 saturated carbocycles. The van der Waals surface area contributed by atoms with Gasteiger partial charge in [0, 0.05) is 36.0 Å². The van der Waals surface area contributed by atoms with Crippen LogP contribution in [-0.4, -0.2) is 75.4 Å². The second-order valence-corrected chi connectivity index (χ2v) is 9.70. The number of likely N-dealkylation sites (N-methyl/N-ethyl adjacent to an activating group) is 1. The molecule has 5 heterocycles. The first kappa shape index (κ1) is 23.5. The van der Waals surface area contributed by atoms with Gasteiger partial charge in [-0.05, 0) is 75.9 Å². The maximum atomic E-state index is 14.5. The molecular weight excluding hydrogens is 471 g/mol. The summed E-state index contributed by atoms with van der Waals surface area (Å²) in [6.07, 6.45) is 3.81. The predicted octanol–water partition coefficient (Wildman–Crippen LogP) is 4.11. The highest BCUT2D eigenvalue weighted by Crippen LogP contribution is 2.33. The Morgan fingerprint density at radius 2 is 1.95 bits per heavy atom. The Bertz CT molecular complexity index is 1550. The molecule has 6 rings (SSSR count). The van der Waals surface area contributed by atoms with Gasteiger partial charge in [0.2, 0.25) is 0 Å². The number of nitrogens with zero attached hydrogens (tertiary/aromatic N) is 5. The normalized spacial score (nSPS) is 14.7. The molecule has 0 aliphatic carbocycles. The van der Waals surface area contributed by atoms with Crippen LogP contribution in [0.3, 0.4) is 0 Å². The van der Waals surface area contributed by atoms with Gasteiger partial charge in [-0.3, -0.25) is 5.10 Å². The quantitative estimate of drug-likeness (QED) is 0.309. The van der Waals surface area contributed by atoms with Crippen molar-refractivity contribution in [3.05, 3.63) is 54.1 Å².